The molecule has 0 saturated carbocycles. The van der Waals surface area contributed by atoms with E-state index in [1.807, 2.05) is 36.4 Å². The van der Waals surface area contributed by atoms with Gasteiger partial charge < -0.3 is 10.6 Å². The number of carbonyl (C=O) groups excluding carboxylic acids is 1. The summed E-state index contributed by atoms with van der Waals surface area (Å²) in [5.74, 6) is -1.18. The van der Waals surface area contributed by atoms with Crippen LogP contribution in [0.15, 0.2) is 48.5 Å². The van der Waals surface area contributed by atoms with Crippen LogP contribution >= 0.6 is 0 Å². The number of nitrogens with one attached hydrogen (secondary N) is 2. The molecule has 1 atom stereocenters. The van der Waals surface area contributed by atoms with Gasteiger partial charge in [-0.15, -0.1) is 0 Å². The second-order valence-electron chi connectivity index (χ2n) is 6.93. The third-order valence-electron chi connectivity index (χ3n) is 5.03. The van der Waals surface area contributed by atoms with Gasteiger partial charge in [0.25, 0.3) is 0 Å². The van der Waals surface area contributed by atoms with E-state index in [1.165, 1.54) is 0 Å². The van der Waals surface area contributed by atoms with Crippen LogP contribution in [0.4, 0.5) is 13.2 Å². The SMILES string of the molecule is N#Cc1ccc(-c2ccc(C[C@@H](C#N)NC(=O)C3(C(F)(F)F)CNC3)cc2)cc1. The normalized spacial score (nSPS) is 16.0. The molecule has 0 unspecified atom stereocenters. The van der Waals surface area contributed by atoms with Crippen LogP contribution in [0.3, 0.4) is 0 Å². The van der Waals surface area contributed by atoms with Gasteiger partial charge in [-0.25, -0.2) is 0 Å². The highest BCUT2D eigenvalue weighted by Gasteiger charge is 2.64. The predicted molar refractivity (Wildman–Crippen MR) is 99.2 cm³/mol. The molecule has 1 aliphatic rings. The van der Waals surface area contributed by atoms with E-state index in [0.29, 0.717) is 11.1 Å². The molecule has 1 aliphatic heterocycles. The Bertz CT molecular complexity index is 965. The van der Waals surface area contributed by atoms with E-state index in [2.05, 4.69) is 10.6 Å². The lowest BCUT2D eigenvalue weighted by molar-refractivity contribution is -0.234. The highest BCUT2D eigenvalue weighted by Crippen LogP contribution is 2.41. The molecule has 0 bridgehead atoms. The summed E-state index contributed by atoms with van der Waals surface area (Å²) in [4.78, 5) is 12.2. The summed E-state index contributed by atoms with van der Waals surface area (Å²) in [6.07, 6.45) is -4.58. The minimum Gasteiger partial charge on any atom is -0.339 e. The van der Waals surface area contributed by atoms with Crippen LogP contribution in [0.25, 0.3) is 11.1 Å². The second kappa shape index (κ2) is 7.94. The van der Waals surface area contributed by atoms with E-state index >= 15 is 0 Å². The molecule has 1 amide bonds. The minimum atomic E-state index is -4.68. The summed E-state index contributed by atoms with van der Waals surface area (Å²) >= 11 is 0. The predicted octanol–water partition coefficient (Wildman–Crippen LogP) is 2.93. The smallest absolute Gasteiger partial charge is 0.339 e. The Kier molecular flexibility index (Phi) is 5.58. The zero-order valence-corrected chi connectivity index (χ0v) is 15.3. The van der Waals surface area contributed by atoms with Crippen LogP contribution in [0.2, 0.25) is 0 Å². The zero-order valence-electron chi connectivity index (χ0n) is 15.3. The van der Waals surface area contributed by atoms with Crippen molar-refractivity contribution in [2.24, 2.45) is 5.41 Å². The van der Waals surface area contributed by atoms with Crippen molar-refractivity contribution in [3.05, 3.63) is 59.7 Å². The molecular weight excluding hydrogens is 381 g/mol. The monoisotopic (exact) mass is 398 g/mol. The van der Waals surface area contributed by atoms with E-state index in [1.54, 1.807) is 24.3 Å². The third kappa shape index (κ3) is 4.08. The lowest BCUT2D eigenvalue weighted by Gasteiger charge is -2.42. The highest BCUT2D eigenvalue weighted by atomic mass is 19.4. The van der Waals surface area contributed by atoms with Gasteiger partial charge in [-0.05, 0) is 28.8 Å². The summed E-state index contributed by atoms with van der Waals surface area (Å²) < 4.78 is 39.7. The first-order valence-electron chi connectivity index (χ1n) is 8.86. The standard InChI is InChI=1S/C21H17F3N4O/c22-21(23,24)20(12-27-13-20)19(29)28-18(11-26)9-14-1-5-16(6-2-14)17-7-3-15(10-25)4-8-17/h1-8,18,27H,9,12-13H2,(H,28,29)/t18-/m0/s1. The minimum absolute atomic E-state index is 0.0945. The van der Waals surface area contributed by atoms with Gasteiger partial charge in [-0.3, -0.25) is 4.79 Å². The van der Waals surface area contributed by atoms with Crippen molar-refractivity contribution in [2.45, 2.75) is 18.6 Å². The first-order valence-corrected chi connectivity index (χ1v) is 8.86. The topological polar surface area (TPSA) is 88.7 Å². The van der Waals surface area contributed by atoms with Crippen molar-refractivity contribution < 1.29 is 18.0 Å². The number of hydrogen-bond acceptors (Lipinski definition) is 4. The molecule has 29 heavy (non-hydrogen) atoms. The summed E-state index contributed by atoms with van der Waals surface area (Å²) in [5.41, 5.74) is 0.595. The average molecular weight is 398 g/mol. The van der Waals surface area contributed by atoms with E-state index in [4.69, 9.17) is 5.26 Å². The number of alkyl halides is 3. The Balaban J connectivity index is 1.67. The van der Waals surface area contributed by atoms with E-state index < -0.39 is 36.6 Å². The van der Waals surface area contributed by atoms with Gasteiger partial charge in [0, 0.05) is 19.5 Å². The Morgan fingerprint density at radius 3 is 2.03 bits per heavy atom. The number of nitriles is 2. The molecule has 2 aromatic carbocycles. The van der Waals surface area contributed by atoms with Crippen molar-refractivity contribution in [3.8, 4) is 23.3 Å². The van der Waals surface area contributed by atoms with Crippen LogP contribution in [0.1, 0.15) is 11.1 Å². The van der Waals surface area contributed by atoms with Crippen LogP contribution < -0.4 is 10.6 Å². The summed E-state index contributed by atoms with van der Waals surface area (Å²) in [5, 5.41) is 22.8. The second-order valence-corrected chi connectivity index (χ2v) is 6.93. The van der Waals surface area contributed by atoms with Crippen LogP contribution in [-0.2, 0) is 11.2 Å². The fraction of sp³-hybridized carbons (Fsp3) is 0.286. The number of halogens is 3. The van der Waals surface area contributed by atoms with E-state index in [0.717, 1.165) is 11.1 Å². The van der Waals surface area contributed by atoms with Crippen molar-refractivity contribution in [1.29, 1.82) is 10.5 Å². The molecule has 0 aromatic heterocycles. The largest absolute Gasteiger partial charge is 0.405 e. The maximum Gasteiger partial charge on any atom is 0.405 e. The molecule has 3 rings (SSSR count). The zero-order chi connectivity index (χ0) is 21.1. The molecule has 148 valence electrons. The Hall–Kier alpha value is -3.36. The molecular formula is C21H17F3N4O. The summed E-state index contributed by atoms with van der Waals surface area (Å²) in [6.45, 7) is -0.973. The van der Waals surface area contributed by atoms with Gasteiger partial charge in [-0.1, -0.05) is 36.4 Å². The fourth-order valence-electron chi connectivity index (χ4n) is 3.10. The first kappa shape index (κ1) is 20.4. The molecule has 0 spiro atoms. The number of amides is 1. The number of hydrogen-bond donors (Lipinski definition) is 2. The van der Waals surface area contributed by atoms with E-state index in [-0.39, 0.29) is 6.42 Å². The number of carbonyl (C=O) groups is 1. The maximum atomic E-state index is 13.2. The highest BCUT2D eigenvalue weighted by molar-refractivity contribution is 5.85. The number of benzene rings is 2. The quantitative estimate of drug-likeness (QED) is 0.811. The number of rotatable bonds is 5. The van der Waals surface area contributed by atoms with Gasteiger partial charge in [0.15, 0.2) is 5.41 Å². The van der Waals surface area contributed by atoms with Crippen molar-refractivity contribution >= 4 is 5.91 Å². The molecule has 2 N–H and O–H groups in total. The fourth-order valence-corrected chi connectivity index (χ4v) is 3.10. The first-order chi connectivity index (χ1) is 13.8. The Morgan fingerprint density at radius 1 is 1.07 bits per heavy atom. The van der Waals surface area contributed by atoms with Crippen LogP contribution in [-0.4, -0.2) is 31.2 Å². The molecule has 0 radical (unpaired) electrons. The van der Waals surface area contributed by atoms with E-state index in [9.17, 15) is 23.2 Å². The van der Waals surface area contributed by atoms with Gasteiger partial charge in [-0.2, -0.15) is 23.7 Å². The van der Waals surface area contributed by atoms with Crippen LogP contribution in [0.5, 0.6) is 0 Å². The third-order valence-corrected chi connectivity index (χ3v) is 5.03. The number of nitrogens with zero attached hydrogens (tertiary/aromatic N) is 2. The summed E-state index contributed by atoms with van der Waals surface area (Å²) in [7, 11) is 0. The molecule has 2 aromatic rings. The van der Waals surface area contributed by atoms with Gasteiger partial charge in [0.05, 0.1) is 17.7 Å². The van der Waals surface area contributed by atoms with Gasteiger partial charge in [0.2, 0.25) is 5.91 Å². The molecule has 1 saturated heterocycles. The van der Waals surface area contributed by atoms with Gasteiger partial charge in [0.1, 0.15) is 6.04 Å². The van der Waals surface area contributed by atoms with Gasteiger partial charge >= 0.3 is 6.18 Å². The maximum absolute atomic E-state index is 13.2. The Labute approximate surface area is 165 Å². The molecule has 1 heterocycles. The lowest BCUT2D eigenvalue weighted by atomic mass is 9.79. The molecule has 8 heteroatoms. The summed E-state index contributed by atoms with van der Waals surface area (Å²) in [6, 6.07) is 17.0. The van der Waals surface area contributed by atoms with Crippen molar-refractivity contribution in [3.63, 3.8) is 0 Å². The molecule has 0 aliphatic carbocycles. The average Bonchev–Trinajstić information content (AvgIpc) is 2.66. The lowest BCUT2D eigenvalue weighted by Crippen LogP contribution is -2.69. The van der Waals surface area contributed by atoms with Crippen molar-refractivity contribution in [1.82, 2.24) is 10.6 Å². The Morgan fingerprint density at radius 2 is 1.62 bits per heavy atom. The molecule has 1 fully saturated rings. The molecule has 5 nitrogen and oxygen atoms in total. The van der Waals surface area contributed by atoms with Crippen LogP contribution in [0, 0.1) is 28.1 Å². The van der Waals surface area contributed by atoms with Crippen molar-refractivity contribution in [2.75, 3.05) is 13.1 Å².